The Morgan fingerprint density at radius 2 is 1.92 bits per heavy atom. The zero-order chi connectivity index (χ0) is 17.7. The predicted molar refractivity (Wildman–Crippen MR) is 102 cm³/mol. The lowest BCUT2D eigenvalue weighted by Crippen LogP contribution is -2.47. The molecule has 4 bridgehead atoms. The van der Waals surface area contributed by atoms with Gasteiger partial charge < -0.3 is 0 Å². The minimum atomic E-state index is -0.292. The van der Waals surface area contributed by atoms with Crippen molar-refractivity contribution < 1.29 is 4.79 Å². The maximum absolute atomic E-state index is 12.1. The second-order valence-corrected chi connectivity index (χ2v) is 9.55. The molecule has 4 saturated carbocycles. The molecule has 6 nitrogen and oxygen atoms in total. The van der Waals surface area contributed by atoms with Gasteiger partial charge in [0.25, 0.3) is 0 Å². The molecule has 6 rings (SSSR count). The number of urea groups is 1. The molecule has 0 aromatic carbocycles. The molecule has 2 N–H and O–H groups in total. The van der Waals surface area contributed by atoms with E-state index in [0.29, 0.717) is 16.4 Å². The molecular weight excluding hydrogens is 346 g/mol. The highest BCUT2D eigenvalue weighted by Gasteiger charge is 2.50. The van der Waals surface area contributed by atoms with E-state index >= 15 is 0 Å². The largest absolute Gasteiger partial charge is 0.326 e. The summed E-state index contributed by atoms with van der Waals surface area (Å²) in [6, 6.07) is 1.47. The Morgan fingerprint density at radius 3 is 2.54 bits per heavy atom. The number of hydrogen-bond acceptors (Lipinski definition) is 4. The second kappa shape index (κ2) is 6.08. The Labute approximate surface area is 157 Å². The average Bonchev–Trinajstić information content (AvgIpc) is 3.14. The second-order valence-electron chi connectivity index (χ2n) is 8.69. The monoisotopic (exact) mass is 371 g/mol. The van der Waals surface area contributed by atoms with Crippen LogP contribution in [0.2, 0.25) is 0 Å². The van der Waals surface area contributed by atoms with E-state index in [-0.39, 0.29) is 6.03 Å². The minimum Gasteiger partial charge on any atom is -0.291 e. The van der Waals surface area contributed by atoms with Crippen molar-refractivity contribution in [3.63, 3.8) is 0 Å². The molecule has 0 unspecified atom stereocenters. The lowest BCUT2D eigenvalue weighted by Gasteiger charge is -2.56. The summed E-state index contributed by atoms with van der Waals surface area (Å²) in [5, 5.41) is 12.5. The summed E-state index contributed by atoms with van der Waals surface area (Å²) >= 11 is 1.51. The molecule has 0 aliphatic heterocycles. The number of nitrogens with zero attached hydrogens (tertiary/aromatic N) is 3. The summed E-state index contributed by atoms with van der Waals surface area (Å²) in [6.07, 6.45) is 11.4. The summed E-state index contributed by atoms with van der Waals surface area (Å²) in [4.78, 5) is 16.8. The van der Waals surface area contributed by atoms with Crippen LogP contribution >= 0.6 is 11.3 Å². The normalized spacial score (nSPS) is 32.0. The third kappa shape index (κ3) is 3.13. The highest BCUT2D eigenvalue weighted by Crippen LogP contribution is 2.61. The summed E-state index contributed by atoms with van der Waals surface area (Å²) in [7, 11) is 1.82. The van der Waals surface area contributed by atoms with Crippen LogP contribution in [0.15, 0.2) is 17.6 Å². The van der Waals surface area contributed by atoms with Crippen molar-refractivity contribution >= 4 is 28.3 Å². The van der Waals surface area contributed by atoms with E-state index in [9.17, 15) is 4.79 Å². The van der Waals surface area contributed by atoms with Gasteiger partial charge >= 0.3 is 6.03 Å². The molecule has 0 radical (unpaired) electrons. The SMILES string of the molecule is Cn1ccc(NC(=O)Nc2nc(CC34CC5CC(CC(C5)C3)C4)cs2)n1. The Kier molecular flexibility index (Phi) is 3.81. The van der Waals surface area contributed by atoms with Crippen LogP contribution in [0.25, 0.3) is 0 Å². The highest BCUT2D eigenvalue weighted by molar-refractivity contribution is 7.13. The van der Waals surface area contributed by atoms with Crippen molar-refractivity contribution in [3.8, 4) is 0 Å². The van der Waals surface area contributed by atoms with E-state index in [1.54, 1.807) is 16.9 Å². The van der Waals surface area contributed by atoms with E-state index < -0.39 is 0 Å². The molecule has 138 valence electrons. The van der Waals surface area contributed by atoms with Gasteiger partial charge in [0.15, 0.2) is 10.9 Å². The first-order chi connectivity index (χ1) is 12.6. The summed E-state index contributed by atoms with van der Waals surface area (Å²) in [5.74, 6) is 3.42. The number of carbonyl (C=O) groups excluding carboxylic acids is 1. The van der Waals surface area contributed by atoms with Gasteiger partial charge in [0.2, 0.25) is 0 Å². The lowest BCUT2D eigenvalue weighted by molar-refractivity contribution is -0.0525. The number of rotatable bonds is 4. The number of aryl methyl sites for hydroxylation is 1. The maximum atomic E-state index is 12.1. The highest BCUT2D eigenvalue weighted by atomic mass is 32.1. The van der Waals surface area contributed by atoms with E-state index in [1.807, 2.05) is 7.05 Å². The first-order valence-electron chi connectivity index (χ1n) is 9.57. The predicted octanol–water partition coefficient (Wildman–Crippen LogP) is 4.28. The smallest absolute Gasteiger partial charge is 0.291 e. The van der Waals surface area contributed by atoms with Crippen molar-refractivity contribution in [3.05, 3.63) is 23.3 Å². The van der Waals surface area contributed by atoms with Crippen LogP contribution in [0.4, 0.5) is 15.7 Å². The van der Waals surface area contributed by atoms with Crippen LogP contribution in [0.1, 0.15) is 44.2 Å². The van der Waals surface area contributed by atoms with Crippen LogP contribution in [-0.2, 0) is 13.5 Å². The zero-order valence-corrected chi connectivity index (χ0v) is 15.9. The molecule has 0 saturated heterocycles. The van der Waals surface area contributed by atoms with Crippen LogP contribution < -0.4 is 10.6 Å². The fraction of sp³-hybridized carbons (Fsp3) is 0.632. The quantitative estimate of drug-likeness (QED) is 0.842. The van der Waals surface area contributed by atoms with Crippen LogP contribution in [0.3, 0.4) is 0 Å². The van der Waals surface area contributed by atoms with Crippen LogP contribution in [0.5, 0.6) is 0 Å². The molecule has 7 heteroatoms. The van der Waals surface area contributed by atoms with Gasteiger partial charge in [-0.3, -0.25) is 15.3 Å². The number of carbonyl (C=O) groups is 1. The van der Waals surface area contributed by atoms with Gasteiger partial charge in [-0.2, -0.15) is 5.10 Å². The Bertz CT molecular complexity index is 790. The van der Waals surface area contributed by atoms with Gasteiger partial charge in [-0.25, -0.2) is 9.78 Å². The van der Waals surface area contributed by atoms with E-state index in [0.717, 1.165) is 29.9 Å². The molecule has 2 aromatic rings. The Hall–Kier alpha value is -1.89. The zero-order valence-electron chi connectivity index (χ0n) is 15.1. The number of nitrogens with one attached hydrogen (secondary N) is 2. The molecule has 2 aromatic heterocycles. The Balaban J connectivity index is 1.22. The summed E-state index contributed by atoms with van der Waals surface area (Å²) in [5.41, 5.74) is 1.63. The van der Waals surface area contributed by atoms with Crippen LogP contribution in [-0.4, -0.2) is 20.8 Å². The van der Waals surface area contributed by atoms with Crippen molar-refractivity contribution in [1.82, 2.24) is 14.8 Å². The summed E-state index contributed by atoms with van der Waals surface area (Å²) < 4.78 is 1.66. The molecule has 4 aliphatic carbocycles. The number of amides is 2. The molecule has 0 atom stereocenters. The third-order valence-corrected chi connectivity index (χ3v) is 7.26. The molecular formula is C19H25N5OS. The van der Waals surface area contributed by atoms with Crippen molar-refractivity contribution in [2.75, 3.05) is 10.6 Å². The fourth-order valence-corrected chi connectivity index (χ4v) is 6.77. The molecule has 2 heterocycles. The number of anilines is 2. The molecule has 26 heavy (non-hydrogen) atoms. The molecule has 0 spiro atoms. The van der Waals surface area contributed by atoms with E-state index in [2.05, 4.69) is 21.1 Å². The standard InChI is InChI=1S/C19H25N5OS/c1-24-3-2-16(23-24)21-17(25)22-18-20-15(11-26-18)10-19-7-12-4-13(8-19)6-14(5-12)9-19/h2-3,11-14H,4-10H2,1H3,(H2,20,21,22,23,25). The first-order valence-corrected chi connectivity index (χ1v) is 10.5. The number of aromatic nitrogens is 3. The third-order valence-electron chi connectivity index (χ3n) is 6.45. The van der Waals surface area contributed by atoms with E-state index in [4.69, 9.17) is 4.98 Å². The van der Waals surface area contributed by atoms with Gasteiger partial charge in [-0.05, 0) is 68.1 Å². The van der Waals surface area contributed by atoms with Crippen molar-refractivity contribution in [2.45, 2.75) is 44.9 Å². The topological polar surface area (TPSA) is 71.8 Å². The first kappa shape index (κ1) is 16.3. The van der Waals surface area contributed by atoms with E-state index in [1.165, 1.54) is 49.9 Å². The van der Waals surface area contributed by atoms with Gasteiger partial charge in [0.05, 0.1) is 5.69 Å². The van der Waals surface area contributed by atoms with Crippen molar-refractivity contribution in [1.29, 1.82) is 0 Å². The lowest BCUT2D eigenvalue weighted by atomic mass is 9.48. The number of hydrogen-bond donors (Lipinski definition) is 2. The fourth-order valence-electron chi connectivity index (χ4n) is 6.06. The van der Waals surface area contributed by atoms with Gasteiger partial charge in [-0.1, -0.05) is 0 Å². The maximum Gasteiger partial charge on any atom is 0.326 e. The summed E-state index contributed by atoms with van der Waals surface area (Å²) in [6.45, 7) is 0. The number of thiazole rings is 1. The van der Waals surface area contributed by atoms with Gasteiger partial charge in [0, 0.05) is 24.7 Å². The minimum absolute atomic E-state index is 0.292. The Morgan fingerprint density at radius 1 is 1.23 bits per heavy atom. The van der Waals surface area contributed by atoms with Gasteiger partial charge in [-0.15, -0.1) is 11.3 Å². The van der Waals surface area contributed by atoms with Crippen LogP contribution in [0, 0.1) is 23.2 Å². The molecule has 2 amide bonds. The molecule has 4 fully saturated rings. The molecule has 4 aliphatic rings. The van der Waals surface area contributed by atoms with Crippen molar-refractivity contribution in [2.24, 2.45) is 30.2 Å². The van der Waals surface area contributed by atoms with Gasteiger partial charge in [0.1, 0.15) is 0 Å². The average molecular weight is 372 g/mol.